The molecule has 1 rings (SSSR count). The molecular formula is C10H17N3O3. The minimum atomic E-state index is -0.808. The summed E-state index contributed by atoms with van der Waals surface area (Å²) in [6.07, 6.45) is 0. The molecule has 0 aromatic heterocycles. The van der Waals surface area contributed by atoms with Crippen LogP contribution in [0.2, 0.25) is 0 Å². The molecule has 0 saturated heterocycles. The zero-order valence-corrected chi connectivity index (χ0v) is 10.3. The van der Waals surface area contributed by atoms with Crippen molar-refractivity contribution in [2.45, 2.75) is 38.9 Å². The van der Waals surface area contributed by atoms with Crippen LogP contribution < -0.4 is 0 Å². The Morgan fingerprint density at radius 1 is 1.44 bits per heavy atom. The average molecular weight is 227 g/mol. The molecule has 0 unspecified atom stereocenters. The molecule has 0 aliphatic carbocycles. The highest BCUT2D eigenvalue weighted by atomic mass is 16.6. The van der Waals surface area contributed by atoms with E-state index in [1.54, 1.807) is 39.6 Å². The zero-order chi connectivity index (χ0) is 12.9. The summed E-state index contributed by atoms with van der Waals surface area (Å²) in [6.45, 7) is 10.4. The minimum absolute atomic E-state index is 0.116. The summed E-state index contributed by atoms with van der Waals surface area (Å²) >= 11 is 0. The van der Waals surface area contributed by atoms with Gasteiger partial charge in [-0.3, -0.25) is 10.1 Å². The van der Waals surface area contributed by atoms with E-state index in [4.69, 9.17) is 0 Å². The van der Waals surface area contributed by atoms with Crippen LogP contribution in [0.4, 0.5) is 0 Å². The molecule has 0 aromatic carbocycles. The molecule has 0 bridgehead atoms. The molecular weight excluding hydrogens is 210 g/mol. The van der Waals surface area contributed by atoms with Crippen molar-refractivity contribution >= 4 is 5.71 Å². The van der Waals surface area contributed by atoms with Gasteiger partial charge in [0.15, 0.2) is 0 Å². The SMILES string of the molecule is C=C(C1=[N+]([O-])C(C)(C)N(C)C1(C)C)[N+](=O)[O-]. The molecule has 16 heavy (non-hydrogen) atoms. The molecule has 0 saturated carbocycles. The summed E-state index contributed by atoms with van der Waals surface area (Å²) in [5.41, 5.74) is -1.73. The van der Waals surface area contributed by atoms with E-state index in [-0.39, 0.29) is 11.4 Å². The van der Waals surface area contributed by atoms with Gasteiger partial charge in [-0.1, -0.05) is 0 Å². The van der Waals surface area contributed by atoms with Gasteiger partial charge in [0.05, 0.1) is 4.92 Å². The number of nitro groups is 1. The summed E-state index contributed by atoms with van der Waals surface area (Å²) in [7, 11) is 1.77. The smallest absolute Gasteiger partial charge is 0.331 e. The van der Waals surface area contributed by atoms with Crippen molar-refractivity contribution in [2.24, 2.45) is 0 Å². The molecule has 0 N–H and O–H groups in total. The normalized spacial score (nSPS) is 23.6. The van der Waals surface area contributed by atoms with Gasteiger partial charge in [-0.2, -0.15) is 4.74 Å². The number of hydroxylamine groups is 1. The maximum atomic E-state index is 12.1. The van der Waals surface area contributed by atoms with Crippen LogP contribution in [0.3, 0.4) is 0 Å². The third-order valence-electron chi connectivity index (χ3n) is 3.43. The second-order valence-corrected chi connectivity index (χ2v) is 4.96. The van der Waals surface area contributed by atoms with E-state index in [1.807, 2.05) is 0 Å². The van der Waals surface area contributed by atoms with Gasteiger partial charge >= 0.3 is 5.70 Å². The van der Waals surface area contributed by atoms with Gasteiger partial charge in [0, 0.05) is 13.8 Å². The Balaban J connectivity index is 3.41. The lowest BCUT2D eigenvalue weighted by molar-refractivity contribution is -0.560. The Hall–Kier alpha value is -1.43. The molecule has 1 aliphatic heterocycles. The zero-order valence-electron chi connectivity index (χ0n) is 10.3. The van der Waals surface area contributed by atoms with Gasteiger partial charge < -0.3 is 5.21 Å². The lowest BCUT2D eigenvalue weighted by atomic mass is 9.95. The lowest BCUT2D eigenvalue weighted by Gasteiger charge is -2.32. The first-order valence-electron chi connectivity index (χ1n) is 4.97. The average Bonchev–Trinajstić information content (AvgIpc) is 2.25. The molecule has 6 nitrogen and oxygen atoms in total. The Kier molecular flexibility index (Phi) is 2.59. The summed E-state index contributed by atoms with van der Waals surface area (Å²) in [5, 5.41) is 22.8. The Morgan fingerprint density at radius 2 is 1.88 bits per heavy atom. The fraction of sp³-hybridized carbons (Fsp3) is 0.700. The van der Waals surface area contributed by atoms with Crippen LogP contribution in [0.15, 0.2) is 12.3 Å². The van der Waals surface area contributed by atoms with Crippen molar-refractivity contribution in [1.82, 2.24) is 4.90 Å². The molecule has 0 radical (unpaired) electrons. The molecule has 0 atom stereocenters. The van der Waals surface area contributed by atoms with E-state index >= 15 is 0 Å². The number of nitrogens with zero attached hydrogens (tertiary/aromatic N) is 3. The van der Waals surface area contributed by atoms with E-state index in [2.05, 4.69) is 6.58 Å². The fourth-order valence-corrected chi connectivity index (χ4v) is 2.06. The van der Waals surface area contributed by atoms with Gasteiger partial charge in [0.25, 0.3) is 5.71 Å². The summed E-state index contributed by atoms with van der Waals surface area (Å²) in [6, 6.07) is 0. The summed E-state index contributed by atoms with van der Waals surface area (Å²) in [4.78, 5) is 11.9. The Bertz CT molecular complexity index is 396. The molecule has 6 heteroatoms. The van der Waals surface area contributed by atoms with Crippen molar-refractivity contribution in [3.05, 3.63) is 27.6 Å². The topological polar surface area (TPSA) is 72.5 Å². The van der Waals surface area contributed by atoms with E-state index in [9.17, 15) is 15.3 Å². The van der Waals surface area contributed by atoms with Crippen LogP contribution in [0, 0.1) is 15.3 Å². The lowest BCUT2D eigenvalue weighted by Crippen LogP contribution is -2.51. The monoisotopic (exact) mass is 227 g/mol. The van der Waals surface area contributed by atoms with Crippen LogP contribution in [0.25, 0.3) is 0 Å². The van der Waals surface area contributed by atoms with E-state index in [0.29, 0.717) is 4.74 Å². The third kappa shape index (κ3) is 1.41. The Morgan fingerprint density at radius 3 is 2.12 bits per heavy atom. The quantitative estimate of drug-likeness (QED) is 0.307. The minimum Gasteiger partial charge on any atom is -0.622 e. The number of hydrogen-bond donors (Lipinski definition) is 0. The van der Waals surface area contributed by atoms with Crippen LogP contribution in [-0.4, -0.2) is 38.5 Å². The van der Waals surface area contributed by atoms with Gasteiger partial charge in [-0.15, -0.1) is 0 Å². The fourth-order valence-electron chi connectivity index (χ4n) is 2.06. The van der Waals surface area contributed by atoms with Gasteiger partial charge in [0.1, 0.15) is 5.54 Å². The van der Waals surface area contributed by atoms with E-state index in [1.165, 1.54) is 0 Å². The first-order chi connectivity index (χ1) is 7.04. The number of rotatable bonds is 2. The van der Waals surface area contributed by atoms with E-state index in [0.717, 1.165) is 0 Å². The first kappa shape index (κ1) is 12.6. The predicted octanol–water partition coefficient (Wildman–Crippen LogP) is 1.19. The highest BCUT2D eigenvalue weighted by Crippen LogP contribution is 2.34. The van der Waals surface area contributed by atoms with Gasteiger partial charge in [0.2, 0.25) is 5.66 Å². The van der Waals surface area contributed by atoms with Crippen LogP contribution >= 0.6 is 0 Å². The van der Waals surface area contributed by atoms with Crippen molar-refractivity contribution in [2.75, 3.05) is 7.05 Å². The largest absolute Gasteiger partial charge is 0.622 e. The molecule has 90 valence electrons. The third-order valence-corrected chi connectivity index (χ3v) is 3.43. The van der Waals surface area contributed by atoms with Crippen LogP contribution in [0.1, 0.15) is 27.7 Å². The molecule has 0 spiro atoms. The second kappa shape index (κ2) is 3.28. The molecule has 0 aromatic rings. The van der Waals surface area contributed by atoms with Gasteiger partial charge in [-0.25, -0.2) is 4.90 Å². The molecule has 0 amide bonds. The van der Waals surface area contributed by atoms with Crippen LogP contribution in [0.5, 0.6) is 0 Å². The molecule has 1 heterocycles. The van der Waals surface area contributed by atoms with Crippen molar-refractivity contribution in [1.29, 1.82) is 0 Å². The number of hydrogen-bond acceptors (Lipinski definition) is 4. The van der Waals surface area contributed by atoms with Crippen molar-refractivity contribution in [3.8, 4) is 0 Å². The molecule has 1 aliphatic rings. The standard InChI is InChI=1S/C10H17N3O3/c1-7(13(15)16)8-9(2,3)11(6)10(4,5)12(8)14/h1H2,2-6H3. The first-order valence-corrected chi connectivity index (χ1v) is 4.97. The highest BCUT2D eigenvalue weighted by molar-refractivity contribution is 6.01. The highest BCUT2D eigenvalue weighted by Gasteiger charge is 2.58. The molecule has 0 fully saturated rings. The van der Waals surface area contributed by atoms with Crippen molar-refractivity contribution < 1.29 is 9.66 Å². The maximum absolute atomic E-state index is 12.1. The predicted molar refractivity (Wildman–Crippen MR) is 60.7 cm³/mol. The van der Waals surface area contributed by atoms with E-state index < -0.39 is 16.1 Å². The summed E-state index contributed by atoms with van der Waals surface area (Å²) in [5.74, 6) is 0. The Labute approximate surface area is 94.6 Å². The van der Waals surface area contributed by atoms with Crippen LogP contribution in [-0.2, 0) is 0 Å². The van der Waals surface area contributed by atoms with Crippen molar-refractivity contribution in [3.63, 3.8) is 0 Å². The van der Waals surface area contributed by atoms with Gasteiger partial charge in [-0.05, 0) is 27.5 Å². The maximum Gasteiger partial charge on any atom is 0.331 e. The second-order valence-electron chi connectivity index (χ2n) is 4.96. The summed E-state index contributed by atoms with van der Waals surface area (Å²) < 4.78 is 0.679.